The molecule has 6 rings (SSSR count). The number of methoxy groups -OCH3 is 1. The minimum atomic E-state index is -0.458. The first-order chi connectivity index (χ1) is 20.0. The molecule has 1 fully saturated rings. The molecule has 41 heavy (non-hydrogen) atoms. The van der Waals surface area contributed by atoms with Gasteiger partial charge in [0.15, 0.2) is 5.76 Å². The summed E-state index contributed by atoms with van der Waals surface area (Å²) in [6, 6.07) is 30.5. The second-order valence-corrected chi connectivity index (χ2v) is 10.4. The Morgan fingerprint density at radius 2 is 1.56 bits per heavy atom. The predicted molar refractivity (Wildman–Crippen MR) is 159 cm³/mol. The van der Waals surface area contributed by atoms with E-state index in [1.165, 1.54) is 0 Å². The average Bonchev–Trinajstić information content (AvgIpc) is 3.76. The first-order valence-corrected chi connectivity index (χ1v) is 14.0. The van der Waals surface area contributed by atoms with Gasteiger partial charge in [0.1, 0.15) is 5.75 Å². The minimum absolute atomic E-state index is 0.114. The van der Waals surface area contributed by atoms with Crippen molar-refractivity contribution in [2.45, 2.75) is 38.5 Å². The lowest BCUT2D eigenvalue weighted by Gasteiger charge is -2.14. The zero-order valence-corrected chi connectivity index (χ0v) is 23.5. The van der Waals surface area contributed by atoms with Gasteiger partial charge >= 0.3 is 5.97 Å². The molecule has 0 aliphatic heterocycles. The third kappa shape index (κ3) is 5.13. The van der Waals surface area contributed by atoms with E-state index in [9.17, 15) is 4.79 Å². The number of carbonyl (C=O) groups excluding carboxylic acids is 1. The lowest BCUT2D eigenvalue weighted by Crippen LogP contribution is -2.23. The van der Waals surface area contributed by atoms with Crippen LogP contribution in [0.15, 0.2) is 95.5 Å². The molecule has 2 aromatic heterocycles. The van der Waals surface area contributed by atoms with Crippen LogP contribution < -0.4 is 4.74 Å². The smallest absolute Gasteiger partial charge is 0.316 e. The number of nitrogens with zero attached hydrogens (tertiary/aromatic N) is 2. The normalized spacial score (nSPS) is 13.5. The highest BCUT2D eigenvalue weighted by Gasteiger charge is 2.52. The Morgan fingerprint density at radius 1 is 0.878 bits per heavy atom. The van der Waals surface area contributed by atoms with Crippen molar-refractivity contribution in [2.24, 2.45) is 0 Å². The summed E-state index contributed by atoms with van der Waals surface area (Å²) in [6.07, 6.45) is 2.29. The zero-order chi connectivity index (χ0) is 28.4. The van der Waals surface area contributed by atoms with E-state index in [2.05, 4.69) is 53.7 Å². The Labute approximate surface area is 240 Å². The largest absolute Gasteiger partial charge is 0.496 e. The summed E-state index contributed by atoms with van der Waals surface area (Å²) in [4.78, 5) is 17.4. The SMILES string of the molecule is CCOC(=O)C1(c2ccc(-c3ccc(-c4onc(C)c4Cc4cccc(-c5ccccc5OC)n4)cc3)cc2)CC1. The standard InChI is InChI=1S/C35H32N2O4/c1-4-40-34(38)35(20-21-35)27-18-16-25(17-19-27)24-12-14-26(15-13-24)33-30(23(2)37-41-33)22-28-8-7-10-31(36-28)29-9-5-6-11-32(29)39-3/h5-19H,4,20-22H2,1-3H3. The van der Waals surface area contributed by atoms with Crippen LogP contribution in [0.4, 0.5) is 0 Å². The topological polar surface area (TPSA) is 74.5 Å². The molecule has 1 aliphatic carbocycles. The van der Waals surface area contributed by atoms with E-state index in [1.807, 2.05) is 56.3 Å². The summed E-state index contributed by atoms with van der Waals surface area (Å²) < 4.78 is 16.7. The quantitative estimate of drug-likeness (QED) is 0.178. The van der Waals surface area contributed by atoms with Crippen molar-refractivity contribution in [1.29, 1.82) is 0 Å². The molecule has 0 atom stereocenters. The number of aromatic nitrogens is 2. The summed E-state index contributed by atoms with van der Waals surface area (Å²) in [5.74, 6) is 1.43. The van der Waals surface area contributed by atoms with Gasteiger partial charge < -0.3 is 14.0 Å². The highest BCUT2D eigenvalue weighted by atomic mass is 16.5. The fourth-order valence-electron chi connectivity index (χ4n) is 5.39. The van der Waals surface area contributed by atoms with Gasteiger partial charge in [-0.15, -0.1) is 0 Å². The lowest BCUT2D eigenvalue weighted by atomic mass is 9.93. The minimum Gasteiger partial charge on any atom is -0.496 e. The molecule has 0 saturated heterocycles. The van der Waals surface area contributed by atoms with E-state index >= 15 is 0 Å². The van der Waals surface area contributed by atoms with Crippen LogP contribution in [0.2, 0.25) is 0 Å². The Hall–Kier alpha value is -4.71. The van der Waals surface area contributed by atoms with Crippen LogP contribution in [0, 0.1) is 6.92 Å². The van der Waals surface area contributed by atoms with Crippen molar-refractivity contribution < 1.29 is 18.8 Å². The van der Waals surface area contributed by atoms with Gasteiger partial charge in [0.05, 0.1) is 30.5 Å². The number of rotatable bonds is 9. The van der Waals surface area contributed by atoms with Gasteiger partial charge in [0.2, 0.25) is 0 Å². The van der Waals surface area contributed by atoms with Crippen LogP contribution in [-0.2, 0) is 21.4 Å². The van der Waals surface area contributed by atoms with E-state index in [0.29, 0.717) is 13.0 Å². The third-order valence-electron chi connectivity index (χ3n) is 7.87. The molecule has 0 unspecified atom stereocenters. The van der Waals surface area contributed by atoms with E-state index in [0.717, 1.165) is 74.8 Å². The Balaban J connectivity index is 1.22. The highest BCUT2D eigenvalue weighted by Crippen LogP contribution is 2.49. The molecular formula is C35H32N2O4. The lowest BCUT2D eigenvalue weighted by molar-refractivity contribution is -0.146. The summed E-state index contributed by atoms with van der Waals surface area (Å²) >= 11 is 0. The summed E-state index contributed by atoms with van der Waals surface area (Å²) in [6.45, 7) is 4.22. The van der Waals surface area contributed by atoms with Crippen LogP contribution in [0.5, 0.6) is 5.75 Å². The molecule has 6 heteroatoms. The number of para-hydroxylation sites is 1. The van der Waals surface area contributed by atoms with Gasteiger partial charge in [0, 0.05) is 28.8 Å². The molecule has 0 radical (unpaired) electrons. The Morgan fingerprint density at radius 3 is 2.24 bits per heavy atom. The van der Waals surface area contributed by atoms with E-state index in [-0.39, 0.29) is 5.97 Å². The molecule has 0 bridgehead atoms. The molecule has 0 N–H and O–H groups in total. The number of aryl methyl sites for hydroxylation is 1. The molecule has 0 amide bonds. The van der Waals surface area contributed by atoms with Crippen molar-refractivity contribution in [1.82, 2.24) is 10.1 Å². The van der Waals surface area contributed by atoms with Crippen molar-refractivity contribution in [3.8, 4) is 39.5 Å². The maximum Gasteiger partial charge on any atom is 0.316 e. The van der Waals surface area contributed by atoms with Crippen LogP contribution >= 0.6 is 0 Å². The van der Waals surface area contributed by atoms with E-state index in [1.54, 1.807) is 7.11 Å². The Bertz CT molecular complexity index is 1680. The van der Waals surface area contributed by atoms with Gasteiger partial charge in [-0.1, -0.05) is 71.9 Å². The summed E-state index contributed by atoms with van der Waals surface area (Å²) in [5.41, 5.74) is 8.31. The van der Waals surface area contributed by atoms with Crippen LogP contribution in [-0.4, -0.2) is 29.8 Å². The van der Waals surface area contributed by atoms with Gasteiger partial charge in [-0.3, -0.25) is 9.78 Å². The maximum absolute atomic E-state index is 12.5. The number of carbonyl (C=O) groups is 1. The van der Waals surface area contributed by atoms with Crippen LogP contribution in [0.1, 0.15) is 42.3 Å². The first-order valence-electron chi connectivity index (χ1n) is 14.0. The van der Waals surface area contributed by atoms with E-state index in [4.69, 9.17) is 19.0 Å². The molecule has 1 saturated carbocycles. The van der Waals surface area contributed by atoms with Gasteiger partial charge in [-0.05, 0) is 67.6 Å². The fraction of sp³-hybridized carbons (Fsp3) is 0.229. The molecule has 6 nitrogen and oxygen atoms in total. The van der Waals surface area contributed by atoms with Gasteiger partial charge in [-0.25, -0.2) is 0 Å². The fourth-order valence-corrected chi connectivity index (χ4v) is 5.39. The number of pyridine rings is 1. The first kappa shape index (κ1) is 26.5. The molecule has 0 spiro atoms. The van der Waals surface area contributed by atoms with Gasteiger partial charge in [-0.2, -0.15) is 0 Å². The van der Waals surface area contributed by atoms with E-state index < -0.39 is 5.41 Å². The average molecular weight is 545 g/mol. The Kier molecular flexibility index (Phi) is 7.14. The summed E-state index contributed by atoms with van der Waals surface area (Å²) in [5, 5.41) is 4.28. The second-order valence-electron chi connectivity index (χ2n) is 10.4. The number of hydrogen-bond donors (Lipinski definition) is 0. The number of hydrogen-bond acceptors (Lipinski definition) is 6. The van der Waals surface area contributed by atoms with Gasteiger partial charge in [0.25, 0.3) is 0 Å². The van der Waals surface area contributed by atoms with Crippen molar-refractivity contribution in [3.63, 3.8) is 0 Å². The number of esters is 1. The maximum atomic E-state index is 12.5. The zero-order valence-electron chi connectivity index (χ0n) is 23.5. The van der Waals surface area contributed by atoms with Crippen LogP contribution in [0.25, 0.3) is 33.7 Å². The predicted octanol–water partition coefficient (Wildman–Crippen LogP) is 7.57. The molecular weight excluding hydrogens is 512 g/mol. The van der Waals surface area contributed by atoms with Crippen molar-refractivity contribution in [3.05, 3.63) is 114 Å². The number of benzene rings is 3. The summed E-state index contributed by atoms with van der Waals surface area (Å²) in [7, 11) is 1.67. The van der Waals surface area contributed by atoms with Crippen molar-refractivity contribution >= 4 is 5.97 Å². The molecule has 3 aromatic carbocycles. The highest BCUT2D eigenvalue weighted by molar-refractivity contribution is 5.87. The van der Waals surface area contributed by atoms with Crippen molar-refractivity contribution in [2.75, 3.05) is 13.7 Å². The number of ether oxygens (including phenoxy) is 2. The molecule has 1 aliphatic rings. The van der Waals surface area contributed by atoms with Crippen LogP contribution in [0.3, 0.4) is 0 Å². The monoisotopic (exact) mass is 544 g/mol. The second kappa shape index (κ2) is 11.0. The molecule has 2 heterocycles. The molecule has 206 valence electrons. The molecule has 5 aromatic rings. The third-order valence-corrected chi connectivity index (χ3v) is 7.87.